The van der Waals surface area contributed by atoms with Gasteiger partial charge in [0.05, 0.1) is 6.61 Å². The molecule has 1 heterocycles. The van der Waals surface area contributed by atoms with Gasteiger partial charge in [-0.05, 0) is 51.9 Å². The maximum atomic E-state index is 6.28. The monoisotopic (exact) mass is 382 g/mol. The molecule has 0 aromatic heterocycles. The standard InChI is InChI=1S/C16H12ClIO/c1-11(12-6-8-13(18)9-7-12)16(10-19-16)14-4-2-3-5-15(14)17/h2-9H,1,10H2. The van der Waals surface area contributed by atoms with Gasteiger partial charge in [-0.15, -0.1) is 0 Å². The highest BCUT2D eigenvalue weighted by atomic mass is 127. The summed E-state index contributed by atoms with van der Waals surface area (Å²) in [7, 11) is 0. The van der Waals surface area contributed by atoms with Crippen LogP contribution in [0.1, 0.15) is 11.1 Å². The third kappa shape index (κ3) is 2.33. The lowest BCUT2D eigenvalue weighted by Gasteiger charge is -2.17. The first-order valence-electron chi connectivity index (χ1n) is 5.98. The molecule has 2 aromatic carbocycles. The van der Waals surface area contributed by atoms with Crippen LogP contribution in [0.4, 0.5) is 0 Å². The second kappa shape index (κ2) is 4.93. The first kappa shape index (κ1) is 13.2. The van der Waals surface area contributed by atoms with Crippen molar-refractivity contribution in [3.05, 3.63) is 74.8 Å². The van der Waals surface area contributed by atoms with E-state index in [4.69, 9.17) is 16.3 Å². The van der Waals surface area contributed by atoms with Gasteiger partial charge in [0.25, 0.3) is 0 Å². The Morgan fingerprint density at radius 1 is 1.16 bits per heavy atom. The summed E-state index contributed by atoms with van der Waals surface area (Å²) in [4.78, 5) is 0. The Labute approximate surface area is 131 Å². The lowest BCUT2D eigenvalue weighted by atomic mass is 9.88. The molecule has 1 atom stereocenters. The van der Waals surface area contributed by atoms with Crippen LogP contribution in [0.2, 0.25) is 5.02 Å². The normalized spacial score (nSPS) is 21.2. The number of benzene rings is 2. The molecule has 96 valence electrons. The Morgan fingerprint density at radius 3 is 2.37 bits per heavy atom. The summed E-state index contributed by atoms with van der Waals surface area (Å²) in [6.07, 6.45) is 0. The van der Waals surface area contributed by atoms with Gasteiger partial charge in [-0.1, -0.05) is 48.5 Å². The van der Waals surface area contributed by atoms with Gasteiger partial charge < -0.3 is 4.74 Å². The summed E-state index contributed by atoms with van der Waals surface area (Å²) in [6.45, 7) is 4.86. The van der Waals surface area contributed by atoms with Gasteiger partial charge in [0, 0.05) is 14.2 Å². The molecule has 0 radical (unpaired) electrons. The molecule has 1 nitrogen and oxygen atoms in total. The Balaban J connectivity index is 2.00. The van der Waals surface area contributed by atoms with Gasteiger partial charge in [-0.25, -0.2) is 0 Å². The van der Waals surface area contributed by atoms with Crippen molar-refractivity contribution in [1.82, 2.24) is 0 Å². The quantitative estimate of drug-likeness (QED) is 0.544. The van der Waals surface area contributed by atoms with Gasteiger partial charge in [0.1, 0.15) is 5.60 Å². The summed E-state index contributed by atoms with van der Waals surface area (Å²) in [5.41, 5.74) is 2.63. The predicted octanol–water partition coefficient (Wildman–Crippen LogP) is 4.88. The van der Waals surface area contributed by atoms with E-state index in [1.807, 2.05) is 24.3 Å². The average molecular weight is 383 g/mol. The van der Waals surface area contributed by atoms with Gasteiger partial charge >= 0.3 is 0 Å². The topological polar surface area (TPSA) is 12.5 Å². The van der Waals surface area contributed by atoms with Crippen LogP contribution in [0.25, 0.3) is 5.57 Å². The Hall–Kier alpha value is -0.840. The fraction of sp³-hybridized carbons (Fsp3) is 0.125. The average Bonchev–Trinajstić information content (AvgIpc) is 3.21. The number of hydrogen-bond acceptors (Lipinski definition) is 1. The van der Waals surface area contributed by atoms with Crippen molar-refractivity contribution in [2.24, 2.45) is 0 Å². The van der Waals surface area contributed by atoms with E-state index in [-0.39, 0.29) is 0 Å². The van der Waals surface area contributed by atoms with Crippen molar-refractivity contribution in [2.45, 2.75) is 5.60 Å². The largest absolute Gasteiger partial charge is 0.359 e. The zero-order valence-corrected chi connectivity index (χ0v) is 13.1. The van der Waals surface area contributed by atoms with E-state index >= 15 is 0 Å². The molecule has 3 rings (SSSR count). The molecule has 3 heteroatoms. The van der Waals surface area contributed by atoms with Crippen molar-refractivity contribution >= 4 is 39.8 Å². The molecule has 1 aliphatic rings. The van der Waals surface area contributed by atoms with Gasteiger partial charge in [0.2, 0.25) is 0 Å². The van der Waals surface area contributed by atoms with E-state index in [0.717, 1.165) is 21.7 Å². The first-order valence-corrected chi connectivity index (χ1v) is 7.43. The minimum Gasteiger partial charge on any atom is -0.359 e. The molecule has 1 aliphatic heterocycles. The fourth-order valence-electron chi connectivity index (χ4n) is 2.24. The zero-order valence-electron chi connectivity index (χ0n) is 10.2. The summed E-state index contributed by atoms with van der Waals surface area (Å²) >= 11 is 8.57. The van der Waals surface area contributed by atoms with Gasteiger partial charge in [0.15, 0.2) is 0 Å². The van der Waals surface area contributed by atoms with Crippen molar-refractivity contribution < 1.29 is 4.74 Å². The van der Waals surface area contributed by atoms with Crippen LogP contribution in [0.15, 0.2) is 55.1 Å². The first-order chi connectivity index (χ1) is 9.13. The molecular weight excluding hydrogens is 371 g/mol. The summed E-state index contributed by atoms with van der Waals surface area (Å²) in [5.74, 6) is 0. The Kier molecular flexibility index (Phi) is 3.41. The van der Waals surface area contributed by atoms with E-state index in [1.165, 1.54) is 3.57 Å². The smallest absolute Gasteiger partial charge is 0.143 e. The van der Waals surface area contributed by atoms with E-state index in [1.54, 1.807) is 0 Å². The van der Waals surface area contributed by atoms with E-state index in [0.29, 0.717) is 6.61 Å². The van der Waals surface area contributed by atoms with E-state index in [9.17, 15) is 0 Å². The van der Waals surface area contributed by atoms with Crippen molar-refractivity contribution in [3.63, 3.8) is 0 Å². The van der Waals surface area contributed by atoms with Crippen LogP contribution in [-0.2, 0) is 10.3 Å². The molecule has 2 aromatic rings. The molecule has 1 unspecified atom stereocenters. The highest BCUT2D eigenvalue weighted by Gasteiger charge is 2.50. The molecule has 1 saturated heterocycles. The lowest BCUT2D eigenvalue weighted by molar-refractivity contribution is 0.366. The second-order valence-corrected chi connectivity index (χ2v) is 6.23. The van der Waals surface area contributed by atoms with Crippen LogP contribution in [-0.4, -0.2) is 6.61 Å². The molecule has 19 heavy (non-hydrogen) atoms. The Morgan fingerprint density at radius 2 is 1.79 bits per heavy atom. The van der Waals surface area contributed by atoms with Crippen LogP contribution in [0, 0.1) is 3.57 Å². The third-order valence-electron chi connectivity index (χ3n) is 3.42. The fourth-order valence-corrected chi connectivity index (χ4v) is 2.89. The van der Waals surface area contributed by atoms with Crippen LogP contribution in [0.3, 0.4) is 0 Å². The number of epoxide rings is 1. The van der Waals surface area contributed by atoms with Crippen molar-refractivity contribution in [2.75, 3.05) is 6.61 Å². The van der Waals surface area contributed by atoms with E-state index < -0.39 is 5.60 Å². The zero-order chi connectivity index (χ0) is 13.5. The van der Waals surface area contributed by atoms with Gasteiger partial charge in [-0.3, -0.25) is 0 Å². The summed E-state index contributed by atoms with van der Waals surface area (Å²) in [5, 5.41) is 0.728. The minimum absolute atomic E-state index is 0.439. The Bertz CT molecular complexity index is 629. The van der Waals surface area contributed by atoms with Crippen molar-refractivity contribution in [3.8, 4) is 0 Å². The summed E-state index contributed by atoms with van der Waals surface area (Å²) in [6, 6.07) is 16.1. The maximum Gasteiger partial charge on any atom is 0.143 e. The maximum absolute atomic E-state index is 6.28. The number of rotatable bonds is 3. The highest BCUT2D eigenvalue weighted by molar-refractivity contribution is 14.1. The number of halogens is 2. The number of ether oxygens (including phenoxy) is 1. The molecule has 0 aliphatic carbocycles. The number of hydrogen-bond donors (Lipinski definition) is 0. The van der Waals surface area contributed by atoms with Crippen molar-refractivity contribution in [1.29, 1.82) is 0 Å². The van der Waals surface area contributed by atoms with Crippen LogP contribution >= 0.6 is 34.2 Å². The highest BCUT2D eigenvalue weighted by Crippen LogP contribution is 2.50. The molecule has 0 amide bonds. The van der Waals surface area contributed by atoms with Crippen LogP contribution < -0.4 is 0 Å². The molecule has 0 bridgehead atoms. The predicted molar refractivity (Wildman–Crippen MR) is 87.3 cm³/mol. The third-order valence-corrected chi connectivity index (χ3v) is 4.47. The SMILES string of the molecule is C=C(c1ccc(I)cc1)C1(c2ccccc2Cl)CO1. The molecule has 0 spiro atoms. The van der Waals surface area contributed by atoms with Crippen LogP contribution in [0.5, 0.6) is 0 Å². The molecular formula is C16H12ClIO. The van der Waals surface area contributed by atoms with E-state index in [2.05, 4.69) is 53.4 Å². The second-order valence-electron chi connectivity index (χ2n) is 4.58. The lowest BCUT2D eigenvalue weighted by Crippen LogP contribution is -2.11. The summed E-state index contributed by atoms with van der Waals surface area (Å²) < 4.78 is 6.93. The molecule has 1 fully saturated rings. The molecule has 0 N–H and O–H groups in total. The van der Waals surface area contributed by atoms with Gasteiger partial charge in [-0.2, -0.15) is 0 Å². The molecule has 0 saturated carbocycles. The minimum atomic E-state index is -0.439.